The minimum atomic E-state index is -0.236. The van der Waals surface area contributed by atoms with Crippen molar-refractivity contribution >= 4 is 28.0 Å². The maximum absolute atomic E-state index is 12.6. The lowest BCUT2D eigenvalue weighted by atomic mass is 10.2. The molecule has 4 aromatic heterocycles. The monoisotopic (exact) mass is 415 g/mol. The standard InChI is InChI=1S/C22H17N5O2S/c28-21(26-22-25-19(14-30-22)18-7-4-9-23-18)15-5-3-6-17(11-15)29-13-16-12-27-10-2-1-8-20(27)24-16/h1-12,14,23H,13H2,(H,25,26,28). The number of aromatic amines is 1. The quantitative estimate of drug-likeness (QED) is 0.424. The van der Waals surface area contributed by atoms with Crippen LogP contribution in [-0.4, -0.2) is 25.3 Å². The molecule has 30 heavy (non-hydrogen) atoms. The molecule has 0 bridgehead atoms. The molecule has 0 saturated heterocycles. The molecule has 0 spiro atoms. The van der Waals surface area contributed by atoms with Crippen LogP contribution >= 0.6 is 11.3 Å². The summed E-state index contributed by atoms with van der Waals surface area (Å²) in [6.07, 6.45) is 5.71. The van der Waals surface area contributed by atoms with Crippen molar-refractivity contribution in [1.82, 2.24) is 19.4 Å². The van der Waals surface area contributed by atoms with E-state index in [9.17, 15) is 4.79 Å². The molecule has 0 aliphatic carbocycles. The SMILES string of the molecule is O=C(Nc1nc(-c2ccc[nH]2)cs1)c1cccc(OCc2cn3ccccc3n2)c1. The first-order chi connectivity index (χ1) is 14.7. The Kier molecular flexibility index (Phi) is 4.74. The fraction of sp³-hybridized carbons (Fsp3) is 0.0455. The zero-order chi connectivity index (χ0) is 20.3. The van der Waals surface area contributed by atoms with Crippen LogP contribution in [0.15, 0.2) is 78.6 Å². The molecule has 0 fully saturated rings. The highest BCUT2D eigenvalue weighted by Crippen LogP contribution is 2.24. The van der Waals surface area contributed by atoms with Crippen LogP contribution in [0.1, 0.15) is 16.1 Å². The smallest absolute Gasteiger partial charge is 0.257 e. The molecule has 0 aliphatic rings. The number of imidazole rings is 1. The van der Waals surface area contributed by atoms with Gasteiger partial charge in [0.25, 0.3) is 5.91 Å². The van der Waals surface area contributed by atoms with Crippen LogP contribution in [0.25, 0.3) is 17.0 Å². The van der Waals surface area contributed by atoms with Crippen LogP contribution in [0.4, 0.5) is 5.13 Å². The Labute approximate surface area is 176 Å². The number of anilines is 1. The van der Waals surface area contributed by atoms with E-state index in [4.69, 9.17) is 4.74 Å². The second kappa shape index (κ2) is 7.84. The van der Waals surface area contributed by atoms with E-state index in [1.54, 1.807) is 18.2 Å². The molecule has 1 aromatic carbocycles. The summed E-state index contributed by atoms with van der Waals surface area (Å²) in [5.41, 5.74) is 3.89. The lowest BCUT2D eigenvalue weighted by Crippen LogP contribution is -2.11. The predicted molar refractivity (Wildman–Crippen MR) is 116 cm³/mol. The first kappa shape index (κ1) is 18.1. The number of nitrogens with zero attached hydrogens (tertiary/aromatic N) is 3. The average molecular weight is 415 g/mol. The molecule has 8 heteroatoms. The third-order valence-corrected chi connectivity index (χ3v) is 5.25. The van der Waals surface area contributed by atoms with Crippen LogP contribution in [0.3, 0.4) is 0 Å². The number of aromatic nitrogens is 4. The molecule has 148 valence electrons. The Bertz CT molecular complexity index is 1270. The minimum Gasteiger partial charge on any atom is -0.487 e. The number of thiazole rings is 1. The Balaban J connectivity index is 1.25. The van der Waals surface area contributed by atoms with Crippen molar-refractivity contribution in [2.75, 3.05) is 5.32 Å². The van der Waals surface area contributed by atoms with E-state index >= 15 is 0 Å². The highest BCUT2D eigenvalue weighted by Gasteiger charge is 2.11. The fourth-order valence-electron chi connectivity index (χ4n) is 3.05. The van der Waals surface area contributed by atoms with Gasteiger partial charge in [0, 0.05) is 29.5 Å². The third kappa shape index (κ3) is 3.81. The molecule has 5 rings (SSSR count). The molecule has 5 aromatic rings. The first-order valence-corrected chi connectivity index (χ1v) is 10.2. The number of amides is 1. The van der Waals surface area contributed by atoms with Crippen molar-refractivity contribution in [2.24, 2.45) is 0 Å². The number of rotatable bonds is 6. The number of benzene rings is 1. The van der Waals surface area contributed by atoms with Gasteiger partial charge < -0.3 is 14.1 Å². The second-order valence-corrected chi connectivity index (χ2v) is 7.45. The van der Waals surface area contributed by atoms with Gasteiger partial charge >= 0.3 is 0 Å². The number of hydrogen-bond donors (Lipinski definition) is 2. The van der Waals surface area contributed by atoms with Crippen LogP contribution in [0.2, 0.25) is 0 Å². The van der Waals surface area contributed by atoms with Crippen molar-refractivity contribution in [2.45, 2.75) is 6.61 Å². The van der Waals surface area contributed by atoms with E-state index in [0.717, 1.165) is 22.7 Å². The highest BCUT2D eigenvalue weighted by molar-refractivity contribution is 7.14. The molecule has 0 saturated carbocycles. The maximum atomic E-state index is 12.6. The number of carbonyl (C=O) groups is 1. The normalized spacial score (nSPS) is 10.9. The van der Waals surface area contributed by atoms with Crippen LogP contribution in [-0.2, 0) is 6.61 Å². The van der Waals surface area contributed by atoms with Gasteiger partial charge in [0.2, 0.25) is 0 Å². The van der Waals surface area contributed by atoms with Gasteiger partial charge in [-0.25, -0.2) is 9.97 Å². The number of pyridine rings is 1. The van der Waals surface area contributed by atoms with Crippen molar-refractivity contribution < 1.29 is 9.53 Å². The molecule has 2 N–H and O–H groups in total. The van der Waals surface area contributed by atoms with E-state index < -0.39 is 0 Å². The summed E-state index contributed by atoms with van der Waals surface area (Å²) in [4.78, 5) is 24.7. The number of carbonyl (C=O) groups excluding carboxylic acids is 1. The van der Waals surface area contributed by atoms with Crippen molar-refractivity contribution in [3.05, 3.63) is 89.8 Å². The summed E-state index contributed by atoms with van der Waals surface area (Å²) in [5, 5.41) is 5.28. The van der Waals surface area contributed by atoms with Gasteiger partial charge in [-0.05, 0) is 42.5 Å². The summed E-state index contributed by atoms with van der Waals surface area (Å²) in [7, 11) is 0. The van der Waals surface area contributed by atoms with Gasteiger partial charge in [-0.2, -0.15) is 0 Å². The highest BCUT2D eigenvalue weighted by atomic mass is 32.1. The largest absolute Gasteiger partial charge is 0.487 e. The molecule has 7 nitrogen and oxygen atoms in total. The van der Waals surface area contributed by atoms with E-state index in [2.05, 4.69) is 20.3 Å². The fourth-order valence-corrected chi connectivity index (χ4v) is 3.76. The molecule has 4 heterocycles. The van der Waals surface area contributed by atoms with Crippen molar-refractivity contribution in [3.8, 4) is 17.1 Å². The molecular weight excluding hydrogens is 398 g/mol. The Morgan fingerprint density at radius 2 is 2.10 bits per heavy atom. The second-order valence-electron chi connectivity index (χ2n) is 6.59. The van der Waals surface area contributed by atoms with Crippen LogP contribution < -0.4 is 10.1 Å². The Hall–Kier alpha value is -3.91. The van der Waals surface area contributed by atoms with Gasteiger partial charge in [-0.1, -0.05) is 12.1 Å². The van der Waals surface area contributed by atoms with Crippen molar-refractivity contribution in [1.29, 1.82) is 0 Å². The summed E-state index contributed by atoms with van der Waals surface area (Å²) in [6, 6.07) is 16.7. The maximum Gasteiger partial charge on any atom is 0.257 e. The van der Waals surface area contributed by atoms with E-state index in [-0.39, 0.29) is 5.91 Å². The van der Waals surface area contributed by atoms with Gasteiger partial charge in [0.15, 0.2) is 5.13 Å². The zero-order valence-corrected chi connectivity index (χ0v) is 16.6. The number of nitrogens with one attached hydrogen (secondary N) is 2. The number of fused-ring (bicyclic) bond motifs is 1. The topological polar surface area (TPSA) is 84.3 Å². The lowest BCUT2D eigenvalue weighted by Gasteiger charge is -2.06. The molecule has 1 amide bonds. The summed E-state index contributed by atoms with van der Waals surface area (Å²) >= 11 is 1.38. The summed E-state index contributed by atoms with van der Waals surface area (Å²) < 4.78 is 7.79. The summed E-state index contributed by atoms with van der Waals surface area (Å²) in [6.45, 7) is 0.318. The number of ether oxygens (including phenoxy) is 1. The van der Waals surface area contributed by atoms with E-state index in [1.165, 1.54) is 11.3 Å². The zero-order valence-electron chi connectivity index (χ0n) is 15.8. The van der Waals surface area contributed by atoms with Gasteiger partial charge in [-0.3, -0.25) is 10.1 Å². The minimum absolute atomic E-state index is 0.236. The van der Waals surface area contributed by atoms with Gasteiger partial charge in [-0.15, -0.1) is 11.3 Å². The molecule has 0 unspecified atom stereocenters. The van der Waals surface area contributed by atoms with E-state index in [0.29, 0.717) is 23.1 Å². The molecular formula is C22H17N5O2S. The van der Waals surface area contributed by atoms with E-state index in [1.807, 2.05) is 64.8 Å². The molecule has 0 radical (unpaired) electrons. The van der Waals surface area contributed by atoms with Crippen LogP contribution in [0.5, 0.6) is 5.75 Å². The average Bonchev–Trinajstić information content (AvgIpc) is 3.52. The van der Waals surface area contributed by atoms with Gasteiger partial charge in [0.1, 0.15) is 18.0 Å². The van der Waals surface area contributed by atoms with Gasteiger partial charge in [0.05, 0.1) is 17.1 Å². The van der Waals surface area contributed by atoms with Crippen molar-refractivity contribution in [3.63, 3.8) is 0 Å². The Morgan fingerprint density at radius 1 is 1.13 bits per heavy atom. The Morgan fingerprint density at radius 3 is 2.97 bits per heavy atom. The number of H-pyrrole nitrogens is 1. The molecule has 0 aliphatic heterocycles. The lowest BCUT2D eigenvalue weighted by molar-refractivity contribution is 0.102. The summed E-state index contributed by atoms with van der Waals surface area (Å²) in [5.74, 6) is 0.367. The molecule has 0 atom stereocenters. The first-order valence-electron chi connectivity index (χ1n) is 9.31. The van der Waals surface area contributed by atoms with Crippen LogP contribution in [0, 0.1) is 0 Å². The number of hydrogen-bond acceptors (Lipinski definition) is 5. The third-order valence-electron chi connectivity index (χ3n) is 4.50. The predicted octanol–water partition coefficient (Wildman–Crippen LogP) is 4.62.